The van der Waals surface area contributed by atoms with Crippen molar-refractivity contribution in [2.75, 3.05) is 0 Å². The highest BCUT2D eigenvalue weighted by Gasteiger charge is 2.49. The minimum atomic E-state index is 0.600. The van der Waals surface area contributed by atoms with E-state index < -0.39 is 0 Å². The number of hydrogen-bond acceptors (Lipinski definition) is 0. The molecule has 0 heteroatoms. The van der Waals surface area contributed by atoms with Crippen LogP contribution in [0.4, 0.5) is 0 Å². The van der Waals surface area contributed by atoms with Crippen molar-refractivity contribution in [3.05, 3.63) is 24.8 Å². The van der Waals surface area contributed by atoms with Crippen LogP contribution in [0, 0.1) is 23.2 Å². The van der Waals surface area contributed by atoms with Gasteiger partial charge in [-0.1, -0.05) is 24.8 Å². The Labute approximate surface area is 87.1 Å². The van der Waals surface area contributed by atoms with Crippen molar-refractivity contribution in [1.82, 2.24) is 0 Å². The maximum Gasteiger partial charge on any atom is -0.0107 e. The molecule has 0 amide bonds. The summed E-state index contributed by atoms with van der Waals surface area (Å²) in [6, 6.07) is 0. The molecule has 0 aromatic rings. The molecule has 0 N–H and O–H groups in total. The van der Waals surface area contributed by atoms with Crippen LogP contribution in [0.15, 0.2) is 24.8 Å². The standard InChI is InChI=1S/C14H20/c1-2-3-4-14-8-11-5-12(9-14)7-13(6-11)10-14/h2-4,11-13H,1,5-10H2. The smallest absolute Gasteiger partial charge is 0.0107 e. The van der Waals surface area contributed by atoms with E-state index in [1.807, 2.05) is 6.08 Å². The Bertz CT molecular complexity index is 236. The van der Waals surface area contributed by atoms with Gasteiger partial charge in [-0.3, -0.25) is 0 Å². The highest BCUT2D eigenvalue weighted by molar-refractivity contribution is 5.13. The van der Waals surface area contributed by atoms with E-state index >= 15 is 0 Å². The van der Waals surface area contributed by atoms with E-state index in [1.54, 1.807) is 19.3 Å². The molecule has 4 rings (SSSR count). The van der Waals surface area contributed by atoms with Gasteiger partial charge in [0.1, 0.15) is 0 Å². The average molecular weight is 188 g/mol. The Hall–Kier alpha value is -0.520. The first-order valence-corrected chi connectivity index (χ1v) is 6.10. The fourth-order valence-electron chi connectivity index (χ4n) is 4.65. The minimum absolute atomic E-state index is 0.600. The monoisotopic (exact) mass is 188 g/mol. The summed E-state index contributed by atoms with van der Waals surface area (Å²) < 4.78 is 0. The molecule has 4 fully saturated rings. The van der Waals surface area contributed by atoms with Gasteiger partial charge in [0.05, 0.1) is 0 Å². The number of allylic oxidation sites excluding steroid dienone is 3. The first kappa shape index (κ1) is 8.76. The Morgan fingerprint density at radius 3 is 1.86 bits per heavy atom. The summed E-state index contributed by atoms with van der Waals surface area (Å²) >= 11 is 0. The van der Waals surface area contributed by atoms with Gasteiger partial charge in [0, 0.05) is 0 Å². The molecule has 4 aliphatic rings. The number of hydrogen-bond donors (Lipinski definition) is 0. The van der Waals surface area contributed by atoms with Gasteiger partial charge in [-0.15, -0.1) is 0 Å². The van der Waals surface area contributed by atoms with E-state index in [0.717, 1.165) is 17.8 Å². The van der Waals surface area contributed by atoms with Crippen LogP contribution >= 0.6 is 0 Å². The zero-order chi connectivity index (χ0) is 9.60. The molecule has 76 valence electrons. The molecule has 0 spiro atoms. The maximum absolute atomic E-state index is 3.79. The molecule has 4 aliphatic carbocycles. The Morgan fingerprint density at radius 1 is 0.929 bits per heavy atom. The van der Waals surface area contributed by atoms with E-state index in [-0.39, 0.29) is 0 Å². The highest BCUT2D eigenvalue weighted by atomic mass is 14.5. The third-order valence-electron chi connectivity index (χ3n) is 4.67. The molecular formula is C14H20. The van der Waals surface area contributed by atoms with Crippen LogP contribution in [-0.2, 0) is 0 Å². The van der Waals surface area contributed by atoms with Crippen molar-refractivity contribution in [2.45, 2.75) is 38.5 Å². The molecule has 0 radical (unpaired) electrons. The predicted molar refractivity (Wildman–Crippen MR) is 59.9 cm³/mol. The van der Waals surface area contributed by atoms with E-state index in [9.17, 15) is 0 Å². The van der Waals surface area contributed by atoms with Crippen molar-refractivity contribution in [3.8, 4) is 0 Å². The number of rotatable bonds is 2. The lowest BCUT2D eigenvalue weighted by atomic mass is 9.49. The first-order chi connectivity index (χ1) is 6.80. The highest BCUT2D eigenvalue weighted by Crippen LogP contribution is 2.60. The molecule has 0 unspecified atom stereocenters. The second-order valence-electron chi connectivity index (χ2n) is 5.87. The SMILES string of the molecule is C=CC=CC12CC3CC(CC(C3)C1)C2. The minimum Gasteiger partial charge on any atom is -0.0991 e. The Balaban J connectivity index is 1.87. The summed E-state index contributed by atoms with van der Waals surface area (Å²) in [7, 11) is 0. The average Bonchev–Trinajstić information content (AvgIpc) is 2.12. The molecule has 4 saturated carbocycles. The molecule has 0 aromatic carbocycles. The third-order valence-corrected chi connectivity index (χ3v) is 4.67. The fraction of sp³-hybridized carbons (Fsp3) is 0.714. The molecule has 14 heavy (non-hydrogen) atoms. The van der Waals surface area contributed by atoms with Crippen LogP contribution in [0.3, 0.4) is 0 Å². The lowest BCUT2D eigenvalue weighted by Crippen LogP contribution is -2.44. The van der Waals surface area contributed by atoms with Crippen molar-refractivity contribution >= 4 is 0 Å². The summed E-state index contributed by atoms with van der Waals surface area (Å²) in [5.74, 6) is 3.20. The quantitative estimate of drug-likeness (QED) is 0.576. The summed E-state index contributed by atoms with van der Waals surface area (Å²) in [4.78, 5) is 0. The van der Waals surface area contributed by atoms with Crippen LogP contribution in [0.25, 0.3) is 0 Å². The van der Waals surface area contributed by atoms with E-state index in [0.29, 0.717) is 5.41 Å². The molecule has 0 saturated heterocycles. The van der Waals surface area contributed by atoms with E-state index in [4.69, 9.17) is 0 Å². The summed E-state index contributed by atoms with van der Waals surface area (Å²) in [5.41, 5.74) is 0.600. The zero-order valence-electron chi connectivity index (χ0n) is 8.91. The lowest BCUT2D eigenvalue weighted by molar-refractivity contribution is -0.0237. The second-order valence-corrected chi connectivity index (χ2v) is 5.87. The van der Waals surface area contributed by atoms with Crippen LogP contribution in [-0.4, -0.2) is 0 Å². The van der Waals surface area contributed by atoms with E-state index in [2.05, 4.69) is 18.7 Å². The van der Waals surface area contributed by atoms with Gasteiger partial charge in [0.15, 0.2) is 0 Å². The van der Waals surface area contributed by atoms with Crippen LogP contribution in [0.5, 0.6) is 0 Å². The molecule has 4 bridgehead atoms. The molecule has 0 aromatic heterocycles. The summed E-state index contributed by atoms with van der Waals surface area (Å²) in [5, 5.41) is 0. The molecular weight excluding hydrogens is 168 g/mol. The van der Waals surface area contributed by atoms with Crippen LogP contribution < -0.4 is 0 Å². The molecule has 0 heterocycles. The van der Waals surface area contributed by atoms with Crippen molar-refractivity contribution in [1.29, 1.82) is 0 Å². The van der Waals surface area contributed by atoms with Crippen molar-refractivity contribution in [3.63, 3.8) is 0 Å². The predicted octanol–water partition coefficient (Wildman–Crippen LogP) is 3.95. The molecule has 0 atom stereocenters. The first-order valence-electron chi connectivity index (χ1n) is 6.10. The maximum atomic E-state index is 3.79. The largest absolute Gasteiger partial charge is 0.0991 e. The zero-order valence-corrected chi connectivity index (χ0v) is 8.91. The van der Waals surface area contributed by atoms with Gasteiger partial charge in [0.2, 0.25) is 0 Å². The summed E-state index contributed by atoms with van der Waals surface area (Å²) in [6.45, 7) is 3.79. The normalized spacial score (nSPS) is 50.1. The summed E-state index contributed by atoms with van der Waals surface area (Å²) in [6.07, 6.45) is 15.7. The van der Waals surface area contributed by atoms with Gasteiger partial charge < -0.3 is 0 Å². The van der Waals surface area contributed by atoms with Crippen LogP contribution in [0.1, 0.15) is 38.5 Å². The van der Waals surface area contributed by atoms with Gasteiger partial charge in [-0.05, 0) is 61.7 Å². The van der Waals surface area contributed by atoms with E-state index in [1.165, 1.54) is 19.3 Å². The Morgan fingerprint density at radius 2 is 1.43 bits per heavy atom. The van der Waals surface area contributed by atoms with Gasteiger partial charge in [0.25, 0.3) is 0 Å². The van der Waals surface area contributed by atoms with Gasteiger partial charge >= 0.3 is 0 Å². The third kappa shape index (κ3) is 1.27. The van der Waals surface area contributed by atoms with Gasteiger partial charge in [-0.2, -0.15) is 0 Å². The Kier molecular flexibility index (Phi) is 1.87. The van der Waals surface area contributed by atoms with Crippen molar-refractivity contribution in [2.24, 2.45) is 23.2 Å². The fourth-order valence-corrected chi connectivity index (χ4v) is 4.65. The molecule has 0 aliphatic heterocycles. The van der Waals surface area contributed by atoms with Gasteiger partial charge in [-0.25, -0.2) is 0 Å². The topological polar surface area (TPSA) is 0 Å². The van der Waals surface area contributed by atoms with Crippen LogP contribution in [0.2, 0.25) is 0 Å². The second kappa shape index (κ2) is 2.98. The lowest BCUT2D eigenvalue weighted by Gasteiger charge is -2.55. The molecule has 0 nitrogen and oxygen atoms in total. The van der Waals surface area contributed by atoms with Crippen molar-refractivity contribution < 1.29 is 0 Å².